The molecule has 0 aliphatic heterocycles. The summed E-state index contributed by atoms with van der Waals surface area (Å²) in [5, 5.41) is 2.69. The van der Waals surface area contributed by atoms with E-state index >= 15 is 0 Å². The van der Waals surface area contributed by atoms with E-state index in [1.54, 1.807) is 24.3 Å². The standard InChI is InChI=1S/C18H19F3N2O4/c1-25-14-3-4-15(26-2)13(8-14)9-16(24)23-10-12-5-6-22-17(7-12)27-11-18(19,20)21/h3-8H,9-11H2,1-2H3,(H,23,24). The van der Waals surface area contributed by atoms with Gasteiger partial charge in [0.1, 0.15) is 11.5 Å². The van der Waals surface area contributed by atoms with Crippen molar-refractivity contribution in [1.82, 2.24) is 10.3 Å². The molecule has 146 valence electrons. The highest BCUT2D eigenvalue weighted by Crippen LogP contribution is 2.24. The summed E-state index contributed by atoms with van der Waals surface area (Å²) in [4.78, 5) is 15.9. The number of pyridine rings is 1. The molecule has 0 fully saturated rings. The first-order chi connectivity index (χ1) is 12.8. The minimum atomic E-state index is -4.44. The summed E-state index contributed by atoms with van der Waals surface area (Å²) in [5.41, 5.74) is 1.21. The zero-order valence-corrected chi connectivity index (χ0v) is 14.8. The van der Waals surface area contributed by atoms with E-state index in [0.29, 0.717) is 22.6 Å². The van der Waals surface area contributed by atoms with Crippen LogP contribution in [0.2, 0.25) is 0 Å². The third-order valence-electron chi connectivity index (χ3n) is 3.51. The minimum Gasteiger partial charge on any atom is -0.497 e. The van der Waals surface area contributed by atoms with E-state index in [0.717, 1.165) is 0 Å². The van der Waals surface area contributed by atoms with Gasteiger partial charge in [0.15, 0.2) is 6.61 Å². The van der Waals surface area contributed by atoms with E-state index < -0.39 is 12.8 Å². The summed E-state index contributed by atoms with van der Waals surface area (Å²) < 4.78 is 51.5. The molecule has 1 aromatic heterocycles. The third-order valence-corrected chi connectivity index (χ3v) is 3.51. The number of ether oxygens (including phenoxy) is 3. The van der Waals surface area contributed by atoms with Gasteiger partial charge in [0, 0.05) is 24.4 Å². The molecule has 0 radical (unpaired) electrons. The molecular formula is C18H19F3N2O4. The van der Waals surface area contributed by atoms with Crippen molar-refractivity contribution in [2.45, 2.75) is 19.1 Å². The summed E-state index contributed by atoms with van der Waals surface area (Å²) in [6.07, 6.45) is -3.07. The van der Waals surface area contributed by atoms with E-state index in [1.165, 1.54) is 26.5 Å². The Hall–Kier alpha value is -2.97. The topological polar surface area (TPSA) is 69.7 Å². The first-order valence-electron chi connectivity index (χ1n) is 7.93. The second-order valence-corrected chi connectivity index (χ2v) is 5.54. The SMILES string of the molecule is COc1ccc(OC)c(CC(=O)NCc2ccnc(OCC(F)(F)F)c2)c1. The molecule has 0 atom stereocenters. The van der Waals surface area contributed by atoms with Crippen LogP contribution in [-0.2, 0) is 17.8 Å². The van der Waals surface area contributed by atoms with Gasteiger partial charge in [0.05, 0.1) is 20.6 Å². The van der Waals surface area contributed by atoms with Crippen molar-refractivity contribution in [2.75, 3.05) is 20.8 Å². The van der Waals surface area contributed by atoms with Crippen LogP contribution in [0, 0.1) is 0 Å². The van der Waals surface area contributed by atoms with E-state index in [2.05, 4.69) is 15.0 Å². The van der Waals surface area contributed by atoms with Gasteiger partial charge >= 0.3 is 6.18 Å². The summed E-state index contributed by atoms with van der Waals surface area (Å²) in [5.74, 6) is 0.710. The third kappa shape index (κ3) is 6.69. The number of aromatic nitrogens is 1. The lowest BCUT2D eigenvalue weighted by molar-refractivity contribution is -0.154. The molecule has 0 saturated carbocycles. The molecule has 2 rings (SSSR count). The predicted octanol–water partition coefficient (Wildman–Crippen LogP) is 2.90. The van der Waals surface area contributed by atoms with Crippen LogP contribution in [0.5, 0.6) is 17.4 Å². The van der Waals surface area contributed by atoms with Gasteiger partial charge in [-0.15, -0.1) is 0 Å². The number of hydrogen-bond donors (Lipinski definition) is 1. The highest BCUT2D eigenvalue weighted by Gasteiger charge is 2.28. The van der Waals surface area contributed by atoms with E-state index in [4.69, 9.17) is 9.47 Å². The Morgan fingerprint density at radius 3 is 2.59 bits per heavy atom. The van der Waals surface area contributed by atoms with Gasteiger partial charge in [0.25, 0.3) is 0 Å². The van der Waals surface area contributed by atoms with Crippen LogP contribution in [0.15, 0.2) is 36.5 Å². The van der Waals surface area contributed by atoms with Crippen molar-refractivity contribution >= 4 is 5.91 Å². The Kier molecular flexibility index (Phi) is 6.86. The van der Waals surface area contributed by atoms with Gasteiger partial charge < -0.3 is 19.5 Å². The summed E-state index contributed by atoms with van der Waals surface area (Å²) in [6, 6.07) is 8.05. The number of methoxy groups -OCH3 is 2. The molecule has 0 aliphatic rings. The average molecular weight is 384 g/mol. The molecule has 0 saturated heterocycles. The molecule has 0 bridgehead atoms. The monoisotopic (exact) mass is 384 g/mol. The fourth-order valence-corrected chi connectivity index (χ4v) is 2.25. The molecule has 2 aromatic rings. The lowest BCUT2D eigenvalue weighted by Crippen LogP contribution is -2.25. The molecule has 6 nitrogen and oxygen atoms in total. The van der Waals surface area contributed by atoms with Gasteiger partial charge in [-0.05, 0) is 29.8 Å². The first kappa shape index (κ1) is 20.3. The van der Waals surface area contributed by atoms with Crippen molar-refractivity contribution in [3.8, 4) is 17.4 Å². The molecule has 9 heteroatoms. The first-order valence-corrected chi connectivity index (χ1v) is 7.93. The second kappa shape index (κ2) is 9.11. The van der Waals surface area contributed by atoms with Crippen molar-refractivity contribution in [3.63, 3.8) is 0 Å². The van der Waals surface area contributed by atoms with Gasteiger partial charge in [-0.2, -0.15) is 13.2 Å². The molecule has 0 spiro atoms. The highest BCUT2D eigenvalue weighted by atomic mass is 19.4. The van der Waals surface area contributed by atoms with Crippen molar-refractivity contribution in [2.24, 2.45) is 0 Å². The van der Waals surface area contributed by atoms with Crippen LogP contribution in [0.1, 0.15) is 11.1 Å². The lowest BCUT2D eigenvalue weighted by Gasteiger charge is -2.11. The van der Waals surface area contributed by atoms with Gasteiger partial charge in [-0.25, -0.2) is 4.98 Å². The molecule has 0 aliphatic carbocycles. The van der Waals surface area contributed by atoms with Crippen LogP contribution in [0.4, 0.5) is 13.2 Å². The maximum atomic E-state index is 12.2. The predicted molar refractivity (Wildman–Crippen MR) is 90.9 cm³/mol. The van der Waals surface area contributed by atoms with Crippen LogP contribution >= 0.6 is 0 Å². The molecule has 0 unspecified atom stereocenters. The highest BCUT2D eigenvalue weighted by molar-refractivity contribution is 5.79. The fourth-order valence-electron chi connectivity index (χ4n) is 2.25. The number of halogens is 3. The van der Waals surface area contributed by atoms with Gasteiger partial charge in [-0.3, -0.25) is 4.79 Å². The van der Waals surface area contributed by atoms with Crippen LogP contribution < -0.4 is 19.5 Å². The fraction of sp³-hybridized carbons (Fsp3) is 0.333. The summed E-state index contributed by atoms with van der Waals surface area (Å²) in [7, 11) is 3.02. The van der Waals surface area contributed by atoms with Crippen molar-refractivity contribution < 1.29 is 32.2 Å². The number of amides is 1. The molecule has 1 N–H and O–H groups in total. The van der Waals surface area contributed by atoms with Gasteiger partial charge in [0.2, 0.25) is 11.8 Å². The average Bonchev–Trinajstić information content (AvgIpc) is 2.64. The van der Waals surface area contributed by atoms with Crippen LogP contribution in [0.3, 0.4) is 0 Å². The van der Waals surface area contributed by atoms with Crippen molar-refractivity contribution in [3.05, 3.63) is 47.7 Å². The zero-order valence-electron chi connectivity index (χ0n) is 14.8. The Balaban J connectivity index is 1.94. The number of hydrogen-bond acceptors (Lipinski definition) is 5. The molecule has 27 heavy (non-hydrogen) atoms. The Morgan fingerprint density at radius 2 is 1.93 bits per heavy atom. The Bertz CT molecular complexity index is 781. The number of nitrogens with one attached hydrogen (secondary N) is 1. The van der Waals surface area contributed by atoms with Crippen LogP contribution in [0.25, 0.3) is 0 Å². The van der Waals surface area contributed by atoms with E-state index in [-0.39, 0.29) is 24.8 Å². The second-order valence-electron chi connectivity index (χ2n) is 5.54. The molecule has 1 heterocycles. The number of carbonyl (C=O) groups excluding carboxylic acids is 1. The lowest BCUT2D eigenvalue weighted by atomic mass is 10.1. The smallest absolute Gasteiger partial charge is 0.422 e. The number of nitrogens with zero attached hydrogens (tertiary/aromatic N) is 1. The maximum absolute atomic E-state index is 12.2. The van der Waals surface area contributed by atoms with Gasteiger partial charge in [-0.1, -0.05) is 0 Å². The number of rotatable bonds is 8. The summed E-state index contributed by atoms with van der Waals surface area (Å²) in [6.45, 7) is -1.30. The van der Waals surface area contributed by atoms with Crippen LogP contribution in [-0.4, -0.2) is 37.9 Å². The number of carbonyl (C=O) groups is 1. The Labute approximate surface area is 154 Å². The number of benzene rings is 1. The minimum absolute atomic E-state index is 0.0584. The van der Waals surface area contributed by atoms with Crippen molar-refractivity contribution in [1.29, 1.82) is 0 Å². The van der Waals surface area contributed by atoms with E-state index in [1.807, 2.05) is 0 Å². The maximum Gasteiger partial charge on any atom is 0.422 e. The van der Waals surface area contributed by atoms with E-state index in [9.17, 15) is 18.0 Å². The summed E-state index contributed by atoms with van der Waals surface area (Å²) >= 11 is 0. The normalized spacial score (nSPS) is 11.0. The molecular weight excluding hydrogens is 365 g/mol. The molecule has 1 aromatic carbocycles. The molecule has 1 amide bonds. The Morgan fingerprint density at radius 1 is 1.15 bits per heavy atom. The largest absolute Gasteiger partial charge is 0.497 e. The quantitative estimate of drug-likeness (QED) is 0.758. The number of alkyl halides is 3. The zero-order chi connectivity index (χ0) is 19.9.